The Balaban J connectivity index is 2.13. The van der Waals surface area contributed by atoms with Gasteiger partial charge in [0.25, 0.3) is 0 Å². The van der Waals surface area contributed by atoms with E-state index in [9.17, 15) is 33.9 Å². The van der Waals surface area contributed by atoms with Crippen molar-refractivity contribution in [2.75, 3.05) is 0 Å². The predicted molar refractivity (Wildman–Crippen MR) is 136 cm³/mol. The molecule has 15 heteroatoms. The maximum absolute atomic E-state index is 13.0. The molecule has 1 aromatic carbocycles. The molecule has 2 aromatic rings. The number of hydrogen-bond acceptors (Lipinski definition) is 8. The lowest BCUT2D eigenvalue weighted by atomic mass is 10.0. The van der Waals surface area contributed by atoms with Crippen LogP contribution in [0.5, 0.6) is 0 Å². The van der Waals surface area contributed by atoms with E-state index in [1.165, 1.54) is 12.5 Å². The van der Waals surface area contributed by atoms with E-state index in [2.05, 4.69) is 25.9 Å². The zero-order valence-corrected chi connectivity index (χ0v) is 21.0. The van der Waals surface area contributed by atoms with Gasteiger partial charge in [-0.15, -0.1) is 0 Å². The van der Waals surface area contributed by atoms with Crippen LogP contribution in [-0.2, 0) is 41.6 Å². The second-order valence-electron chi connectivity index (χ2n) is 8.77. The number of nitrogens with two attached hydrogens (primary N) is 3. The van der Waals surface area contributed by atoms with Crippen LogP contribution < -0.4 is 33.2 Å². The number of nitrogens with zero attached hydrogens (tertiary/aromatic N) is 1. The van der Waals surface area contributed by atoms with E-state index in [0.29, 0.717) is 5.69 Å². The fourth-order valence-electron chi connectivity index (χ4n) is 3.57. The molecule has 5 amide bonds. The SMILES string of the molecule is NC(=O)CCC(NC(=O)C(CC(N)=O)NC(=O)C(N)Cc1ccccc1)C(=O)NC(Cc1cnc[nH]1)C(=O)O. The van der Waals surface area contributed by atoms with Gasteiger partial charge in [-0.2, -0.15) is 0 Å². The van der Waals surface area contributed by atoms with E-state index in [1.807, 2.05) is 0 Å². The van der Waals surface area contributed by atoms with Crippen LogP contribution in [0.1, 0.15) is 30.5 Å². The molecule has 0 fully saturated rings. The first kappa shape index (κ1) is 30.4. The number of carboxylic acids is 1. The minimum absolute atomic E-state index is 0.142. The standard InChI is InChI=1S/C24H32N8O7/c25-15(8-13-4-2-1-3-5-13)21(35)31-17(10-20(27)34)23(37)30-16(6-7-19(26)33)22(36)32-18(24(38)39)9-14-11-28-12-29-14/h1-5,11-12,15-18H,6-10,25H2,(H2,26,33)(H2,27,34)(H,28,29)(H,30,37)(H,31,35)(H,32,36)(H,38,39). The van der Waals surface area contributed by atoms with Gasteiger partial charge in [0.05, 0.1) is 18.8 Å². The third-order valence-electron chi connectivity index (χ3n) is 5.58. The average Bonchev–Trinajstić information content (AvgIpc) is 3.38. The van der Waals surface area contributed by atoms with Crippen molar-refractivity contribution in [3.8, 4) is 0 Å². The molecule has 210 valence electrons. The van der Waals surface area contributed by atoms with Crippen molar-refractivity contribution in [2.24, 2.45) is 17.2 Å². The van der Waals surface area contributed by atoms with Gasteiger partial charge < -0.3 is 43.2 Å². The number of aromatic amines is 1. The molecule has 0 radical (unpaired) electrons. The largest absolute Gasteiger partial charge is 0.480 e. The second-order valence-corrected chi connectivity index (χ2v) is 8.77. The number of hydrogen-bond donors (Lipinski definition) is 8. The van der Waals surface area contributed by atoms with E-state index in [-0.39, 0.29) is 25.7 Å². The monoisotopic (exact) mass is 544 g/mol. The normalized spacial score (nSPS) is 13.8. The molecule has 0 aliphatic rings. The molecule has 1 heterocycles. The quantitative estimate of drug-likeness (QED) is 0.108. The summed E-state index contributed by atoms with van der Waals surface area (Å²) in [5.41, 5.74) is 17.6. The van der Waals surface area contributed by atoms with Gasteiger partial charge >= 0.3 is 5.97 Å². The molecule has 4 atom stereocenters. The first-order valence-electron chi connectivity index (χ1n) is 11.9. The number of aromatic nitrogens is 2. The summed E-state index contributed by atoms with van der Waals surface area (Å²) >= 11 is 0. The number of primary amides is 2. The Bertz CT molecular complexity index is 1160. The number of nitrogens with one attached hydrogen (secondary N) is 4. The molecule has 0 bridgehead atoms. The van der Waals surface area contributed by atoms with Crippen LogP contribution in [0.25, 0.3) is 0 Å². The van der Waals surface area contributed by atoms with Crippen LogP contribution >= 0.6 is 0 Å². The molecule has 0 saturated heterocycles. The maximum Gasteiger partial charge on any atom is 0.326 e. The minimum Gasteiger partial charge on any atom is -0.480 e. The first-order chi connectivity index (χ1) is 18.5. The lowest BCUT2D eigenvalue weighted by Gasteiger charge is -2.24. The van der Waals surface area contributed by atoms with Gasteiger partial charge in [-0.1, -0.05) is 30.3 Å². The van der Waals surface area contributed by atoms with Crippen molar-refractivity contribution < 1.29 is 33.9 Å². The zero-order valence-electron chi connectivity index (χ0n) is 21.0. The van der Waals surface area contributed by atoms with Gasteiger partial charge in [0.1, 0.15) is 18.1 Å². The molecule has 1 aromatic heterocycles. The second kappa shape index (κ2) is 14.8. The zero-order chi connectivity index (χ0) is 28.9. The Kier molecular flexibility index (Phi) is 11.6. The summed E-state index contributed by atoms with van der Waals surface area (Å²) in [6, 6.07) is 3.46. The Morgan fingerprint density at radius 1 is 0.846 bits per heavy atom. The molecular weight excluding hydrogens is 512 g/mol. The molecule has 0 saturated carbocycles. The van der Waals surface area contributed by atoms with Crippen molar-refractivity contribution in [1.82, 2.24) is 25.9 Å². The molecular formula is C24H32N8O7. The van der Waals surface area contributed by atoms with E-state index in [0.717, 1.165) is 5.56 Å². The summed E-state index contributed by atoms with van der Waals surface area (Å²) in [4.78, 5) is 79.8. The Hall–Kier alpha value is -4.79. The van der Waals surface area contributed by atoms with E-state index in [1.54, 1.807) is 30.3 Å². The highest BCUT2D eigenvalue weighted by Gasteiger charge is 2.31. The van der Waals surface area contributed by atoms with Gasteiger partial charge in [-0.25, -0.2) is 9.78 Å². The summed E-state index contributed by atoms with van der Waals surface area (Å²) in [5.74, 6) is -5.70. The number of imidazole rings is 1. The Morgan fingerprint density at radius 2 is 1.46 bits per heavy atom. The fourth-order valence-corrected chi connectivity index (χ4v) is 3.57. The van der Waals surface area contributed by atoms with Crippen molar-refractivity contribution in [3.63, 3.8) is 0 Å². The third kappa shape index (κ3) is 10.6. The summed E-state index contributed by atoms with van der Waals surface area (Å²) in [5, 5.41) is 16.5. The Labute approximate surface area is 223 Å². The number of amides is 5. The molecule has 11 N–H and O–H groups in total. The number of carbonyl (C=O) groups is 6. The summed E-state index contributed by atoms with van der Waals surface area (Å²) in [6.45, 7) is 0. The van der Waals surface area contributed by atoms with Crippen LogP contribution in [0.2, 0.25) is 0 Å². The predicted octanol–water partition coefficient (Wildman–Crippen LogP) is -2.80. The highest BCUT2D eigenvalue weighted by molar-refractivity contribution is 5.96. The summed E-state index contributed by atoms with van der Waals surface area (Å²) < 4.78 is 0. The summed E-state index contributed by atoms with van der Waals surface area (Å²) in [6.07, 6.45) is 1.50. The maximum atomic E-state index is 13.0. The average molecular weight is 545 g/mol. The molecule has 39 heavy (non-hydrogen) atoms. The number of benzene rings is 1. The molecule has 0 spiro atoms. The van der Waals surface area contributed by atoms with Crippen molar-refractivity contribution in [2.45, 2.75) is 56.3 Å². The number of carboxylic acid groups (broad SMARTS) is 1. The highest BCUT2D eigenvalue weighted by atomic mass is 16.4. The smallest absolute Gasteiger partial charge is 0.326 e. The lowest BCUT2D eigenvalue weighted by Crippen LogP contribution is -2.58. The number of carbonyl (C=O) groups excluding carboxylic acids is 5. The molecule has 15 nitrogen and oxygen atoms in total. The first-order valence-corrected chi connectivity index (χ1v) is 11.9. The van der Waals surface area contributed by atoms with Gasteiger partial charge in [0.2, 0.25) is 29.5 Å². The molecule has 0 aliphatic carbocycles. The van der Waals surface area contributed by atoms with E-state index >= 15 is 0 Å². The van der Waals surface area contributed by atoms with Crippen molar-refractivity contribution >= 4 is 35.5 Å². The lowest BCUT2D eigenvalue weighted by molar-refractivity contribution is -0.142. The van der Waals surface area contributed by atoms with Crippen LogP contribution in [0.4, 0.5) is 0 Å². The van der Waals surface area contributed by atoms with Gasteiger partial charge in [-0.05, 0) is 18.4 Å². The van der Waals surface area contributed by atoms with Gasteiger partial charge in [0.15, 0.2) is 0 Å². The molecule has 2 rings (SSSR count). The van der Waals surface area contributed by atoms with Crippen molar-refractivity contribution in [1.29, 1.82) is 0 Å². The van der Waals surface area contributed by atoms with E-state index in [4.69, 9.17) is 17.2 Å². The number of H-pyrrole nitrogens is 1. The summed E-state index contributed by atoms with van der Waals surface area (Å²) in [7, 11) is 0. The molecule has 4 unspecified atom stereocenters. The topological polar surface area (TPSA) is 265 Å². The fraction of sp³-hybridized carbons (Fsp3) is 0.375. The van der Waals surface area contributed by atoms with Crippen molar-refractivity contribution in [3.05, 3.63) is 54.1 Å². The van der Waals surface area contributed by atoms with Crippen LogP contribution in [0.3, 0.4) is 0 Å². The minimum atomic E-state index is -1.50. The third-order valence-corrected chi connectivity index (χ3v) is 5.58. The number of aliphatic carboxylic acids is 1. The van der Waals surface area contributed by atoms with E-state index < -0.39 is 66.1 Å². The van der Waals surface area contributed by atoms with Crippen LogP contribution in [0, 0.1) is 0 Å². The molecule has 0 aliphatic heterocycles. The highest BCUT2D eigenvalue weighted by Crippen LogP contribution is 2.06. The van der Waals surface area contributed by atoms with Gasteiger partial charge in [0, 0.05) is 24.7 Å². The van der Waals surface area contributed by atoms with Gasteiger partial charge in [-0.3, -0.25) is 24.0 Å². The number of rotatable bonds is 16. The van der Waals surface area contributed by atoms with Crippen LogP contribution in [0.15, 0.2) is 42.9 Å². The van der Waals surface area contributed by atoms with Crippen LogP contribution in [-0.4, -0.2) is 74.7 Å². The Morgan fingerprint density at radius 3 is 2.03 bits per heavy atom.